The van der Waals surface area contributed by atoms with E-state index in [4.69, 9.17) is 32.4 Å². The number of aromatic nitrogens is 7. The highest BCUT2D eigenvalue weighted by Crippen LogP contribution is 2.32. The van der Waals surface area contributed by atoms with Crippen LogP contribution in [0.3, 0.4) is 0 Å². The number of nitrogens with zero attached hydrogens (tertiary/aromatic N) is 7. The van der Waals surface area contributed by atoms with E-state index in [-0.39, 0.29) is 6.10 Å². The average molecular weight is 538 g/mol. The van der Waals surface area contributed by atoms with Crippen molar-refractivity contribution in [2.75, 3.05) is 0 Å². The van der Waals surface area contributed by atoms with E-state index in [9.17, 15) is 0 Å². The molecule has 180 valence electrons. The number of para-hydroxylation sites is 1. The number of thioether (sulfide) groups is 1. The highest BCUT2D eigenvalue weighted by Gasteiger charge is 2.25. The van der Waals surface area contributed by atoms with Gasteiger partial charge in [0, 0.05) is 10.6 Å². The molecule has 2 aromatic carbocycles. The van der Waals surface area contributed by atoms with E-state index in [1.165, 1.54) is 11.8 Å². The van der Waals surface area contributed by atoms with Gasteiger partial charge in [-0.3, -0.25) is 4.57 Å². The Morgan fingerprint density at radius 3 is 2.47 bits per heavy atom. The fraction of sp³-hybridized carbons (Fsp3) is 0.167. The molecule has 0 unspecified atom stereocenters. The summed E-state index contributed by atoms with van der Waals surface area (Å²) in [7, 11) is 0. The highest BCUT2D eigenvalue weighted by molar-refractivity contribution is 7.98. The summed E-state index contributed by atoms with van der Waals surface area (Å²) in [5.41, 5.74) is 1.49. The number of halogens is 2. The van der Waals surface area contributed by atoms with Gasteiger partial charge in [-0.1, -0.05) is 47.1 Å². The fourth-order valence-electron chi connectivity index (χ4n) is 3.38. The number of hydrogen-bond donors (Lipinski definition) is 0. The zero-order chi connectivity index (χ0) is 24.5. The lowest BCUT2D eigenvalue weighted by Crippen LogP contribution is -2.04. The molecule has 0 radical (unpaired) electrons. The van der Waals surface area contributed by atoms with Gasteiger partial charge in [0.2, 0.25) is 17.6 Å². The van der Waals surface area contributed by atoms with Gasteiger partial charge in [-0.15, -0.1) is 20.4 Å². The molecular formula is C24H17Cl2N7O2S. The van der Waals surface area contributed by atoms with Gasteiger partial charge in [0.15, 0.2) is 16.7 Å². The van der Waals surface area contributed by atoms with Gasteiger partial charge < -0.3 is 9.15 Å². The summed E-state index contributed by atoms with van der Waals surface area (Å²) in [6, 6.07) is 14.6. The Balaban J connectivity index is 1.28. The first kappa shape index (κ1) is 23.0. The molecule has 0 N–H and O–H groups in total. The molecule has 3 aromatic heterocycles. The van der Waals surface area contributed by atoms with E-state index in [1.807, 2.05) is 34.9 Å². The summed E-state index contributed by atoms with van der Waals surface area (Å²) in [5.74, 6) is 2.72. The second kappa shape index (κ2) is 9.88. The maximum atomic E-state index is 6.54. The summed E-state index contributed by atoms with van der Waals surface area (Å²) in [4.78, 5) is 8.92. The Labute approximate surface area is 219 Å². The molecule has 1 aliphatic rings. The quantitative estimate of drug-likeness (QED) is 0.223. The van der Waals surface area contributed by atoms with Crippen molar-refractivity contribution in [3.8, 4) is 34.5 Å². The Kier molecular flexibility index (Phi) is 6.30. The zero-order valence-electron chi connectivity index (χ0n) is 18.6. The van der Waals surface area contributed by atoms with Crippen molar-refractivity contribution >= 4 is 35.0 Å². The topological polar surface area (TPSA) is 105 Å². The molecule has 3 heterocycles. The van der Waals surface area contributed by atoms with E-state index >= 15 is 0 Å². The van der Waals surface area contributed by atoms with Crippen LogP contribution in [0.2, 0.25) is 10.0 Å². The van der Waals surface area contributed by atoms with Crippen molar-refractivity contribution in [1.82, 2.24) is 34.9 Å². The van der Waals surface area contributed by atoms with Gasteiger partial charge >= 0.3 is 0 Å². The largest absolute Gasteiger partial charge is 0.487 e. The lowest BCUT2D eigenvalue weighted by atomic mass is 10.2. The molecule has 1 saturated carbocycles. The third-order valence-corrected chi connectivity index (χ3v) is 6.75. The molecule has 0 amide bonds. The number of hydrogen-bond acceptors (Lipinski definition) is 9. The summed E-state index contributed by atoms with van der Waals surface area (Å²) in [6.45, 7) is 0. The molecule has 0 aliphatic heterocycles. The molecule has 6 rings (SSSR count). The fourth-order valence-corrected chi connectivity index (χ4v) is 4.50. The molecule has 36 heavy (non-hydrogen) atoms. The summed E-state index contributed by atoms with van der Waals surface area (Å²) in [5, 5.41) is 18.8. The smallest absolute Gasteiger partial charge is 0.247 e. The standard InChI is InChI=1S/C24H17Cl2N7O2S/c25-15-7-5-14(6-8-15)23-31-29-20(35-23)13-36-24-32-30-22(33(24)19-4-2-1-3-18(19)26)21-27-11-17(12-28-21)34-16-9-10-16/h1-8,11-12,16H,9-10,13H2. The molecule has 1 fully saturated rings. The Morgan fingerprint density at radius 2 is 1.72 bits per heavy atom. The van der Waals surface area contributed by atoms with Crippen LogP contribution in [0, 0.1) is 0 Å². The van der Waals surface area contributed by atoms with Crippen LogP contribution in [0.25, 0.3) is 28.8 Å². The summed E-state index contributed by atoms with van der Waals surface area (Å²) in [6.07, 6.45) is 5.68. The molecule has 0 spiro atoms. The molecule has 0 atom stereocenters. The van der Waals surface area contributed by atoms with Crippen LogP contribution in [0.5, 0.6) is 5.75 Å². The van der Waals surface area contributed by atoms with Gasteiger partial charge in [-0.25, -0.2) is 9.97 Å². The third kappa shape index (κ3) is 4.92. The normalized spacial score (nSPS) is 13.2. The minimum atomic E-state index is 0.263. The van der Waals surface area contributed by atoms with Crippen LogP contribution in [0.15, 0.2) is 70.5 Å². The van der Waals surface area contributed by atoms with Crippen molar-refractivity contribution in [3.63, 3.8) is 0 Å². The molecule has 9 nitrogen and oxygen atoms in total. The minimum absolute atomic E-state index is 0.263. The molecule has 0 bridgehead atoms. The van der Waals surface area contributed by atoms with Crippen molar-refractivity contribution in [2.45, 2.75) is 29.9 Å². The summed E-state index contributed by atoms with van der Waals surface area (Å²) < 4.78 is 13.4. The second-order valence-corrected chi connectivity index (χ2v) is 9.74. The van der Waals surface area contributed by atoms with Crippen LogP contribution in [-0.4, -0.2) is 41.0 Å². The molecular weight excluding hydrogens is 521 g/mol. The first-order valence-corrected chi connectivity index (χ1v) is 12.8. The maximum absolute atomic E-state index is 6.54. The first-order valence-electron chi connectivity index (χ1n) is 11.0. The number of rotatable bonds is 8. The number of ether oxygens (including phenoxy) is 1. The van der Waals surface area contributed by atoms with E-state index in [0.717, 1.165) is 18.4 Å². The first-order chi connectivity index (χ1) is 17.6. The van der Waals surface area contributed by atoms with E-state index in [2.05, 4.69) is 30.4 Å². The Bertz CT molecular complexity index is 1500. The SMILES string of the molecule is Clc1ccc(-c2nnc(CSc3nnc(-c4ncc(OC5CC5)cn4)n3-c3ccccc3Cl)o2)cc1. The van der Waals surface area contributed by atoms with Crippen LogP contribution < -0.4 is 4.74 Å². The van der Waals surface area contributed by atoms with Gasteiger partial charge in [0.05, 0.1) is 35.0 Å². The van der Waals surface area contributed by atoms with Crippen LogP contribution in [0.1, 0.15) is 18.7 Å². The van der Waals surface area contributed by atoms with Gasteiger partial charge in [-0.05, 0) is 49.2 Å². The highest BCUT2D eigenvalue weighted by atomic mass is 35.5. The Hall–Kier alpha value is -3.47. The molecule has 1 aliphatic carbocycles. The predicted molar refractivity (Wildman–Crippen MR) is 135 cm³/mol. The Morgan fingerprint density at radius 1 is 0.944 bits per heavy atom. The van der Waals surface area contributed by atoms with Gasteiger partial charge in [0.25, 0.3) is 0 Å². The molecule has 0 saturated heterocycles. The number of benzene rings is 2. The van der Waals surface area contributed by atoms with E-state index in [0.29, 0.717) is 55.8 Å². The lowest BCUT2D eigenvalue weighted by Gasteiger charge is -2.11. The lowest BCUT2D eigenvalue weighted by molar-refractivity contribution is 0.300. The minimum Gasteiger partial charge on any atom is -0.487 e. The van der Waals surface area contributed by atoms with Crippen molar-refractivity contribution < 1.29 is 9.15 Å². The second-order valence-electron chi connectivity index (χ2n) is 7.95. The third-order valence-electron chi connectivity index (χ3n) is 5.26. The van der Waals surface area contributed by atoms with Gasteiger partial charge in [-0.2, -0.15) is 0 Å². The monoisotopic (exact) mass is 537 g/mol. The molecule has 5 aromatic rings. The van der Waals surface area contributed by atoms with Crippen LogP contribution >= 0.6 is 35.0 Å². The van der Waals surface area contributed by atoms with E-state index < -0.39 is 0 Å². The van der Waals surface area contributed by atoms with Crippen LogP contribution in [0.4, 0.5) is 0 Å². The predicted octanol–water partition coefficient (Wildman–Crippen LogP) is 5.91. The summed E-state index contributed by atoms with van der Waals surface area (Å²) >= 11 is 13.9. The van der Waals surface area contributed by atoms with Crippen molar-refractivity contribution in [3.05, 3.63) is 76.9 Å². The van der Waals surface area contributed by atoms with Crippen molar-refractivity contribution in [1.29, 1.82) is 0 Å². The van der Waals surface area contributed by atoms with Crippen molar-refractivity contribution in [2.24, 2.45) is 0 Å². The van der Waals surface area contributed by atoms with E-state index in [1.54, 1.807) is 30.6 Å². The average Bonchev–Trinajstić information content (AvgIpc) is 3.42. The maximum Gasteiger partial charge on any atom is 0.247 e. The van der Waals surface area contributed by atoms with Crippen LogP contribution in [-0.2, 0) is 5.75 Å². The zero-order valence-corrected chi connectivity index (χ0v) is 20.9. The molecule has 12 heteroatoms. The van der Waals surface area contributed by atoms with Gasteiger partial charge in [0.1, 0.15) is 0 Å².